The summed E-state index contributed by atoms with van der Waals surface area (Å²) < 4.78 is 42.4. The van der Waals surface area contributed by atoms with Crippen LogP contribution in [0.3, 0.4) is 0 Å². The van der Waals surface area contributed by atoms with Crippen LogP contribution >= 0.6 is 15.6 Å². The zero-order valence-corrected chi connectivity index (χ0v) is 19.7. The van der Waals surface area contributed by atoms with E-state index in [4.69, 9.17) is 10.5 Å². The molecule has 0 aromatic heterocycles. The number of phosphoric ester groups is 2. The van der Waals surface area contributed by atoms with Crippen LogP contribution < -0.4 is 10.6 Å². The Balaban J connectivity index is 1.97. The number of aliphatic hydroxyl groups is 4. The van der Waals surface area contributed by atoms with Crippen LogP contribution in [0.15, 0.2) is 4.99 Å². The summed E-state index contributed by atoms with van der Waals surface area (Å²) in [6.07, 6.45) is -10.8. The summed E-state index contributed by atoms with van der Waals surface area (Å²) in [5, 5.41) is 40.1. The third-order valence-electron chi connectivity index (χ3n) is 4.54. The van der Waals surface area contributed by atoms with Gasteiger partial charge in [-0.05, 0) is 0 Å². The number of phosphoric acid groups is 2. The third-order valence-corrected chi connectivity index (χ3v) is 7.14. The van der Waals surface area contributed by atoms with E-state index in [1.807, 2.05) is 0 Å². The molecule has 0 aromatic carbocycles. The van der Waals surface area contributed by atoms with Gasteiger partial charge in [0.15, 0.2) is 18.6 Å². The van der Waals surface area contributed by atoms with Gasteiger partial charge in [0.05, 0.1) is 27.7 Å². The van der Waals surface area contributed by atoms with Crippen molar-refractivity contribution in [3.05, 3.63) is 0 Å². The lowest BCUT2D eigenvalue weighted by atomic mass is 10.1. The van der Waals surface area contributed by atoms with Gasteiger partial charge in [-0.25, -0.2) is 13.7 Å². The summed E-state index contributed by atoms with van der Waals surface area (Å²) in [6.45, 7) is -1.08. The number of hydrogen-bond donors (Lipinski definition) is 6. The highest BCUT2D eigenvalue weighted by atomic mass is 31.3. The van der Waals surface area contributed by atoms with E-state index in [9.17, 15) is 44.1 Å². The number of urea groups is 1. The SMILES string of the molecule is C[N+](C)(C)CCOP(=O)([O-])OP(=O)(O)OC[C@H]1O[C@@H](N2C(=O)N=C(N)C(O)C2O)[C@H](O)[C@@H]1O. The number of aliphatic imine (C=N–C) groups is 1. The van der Waals surface area contributed by atoms with Crippen LogP contribution in [0.1, 0.15) is 0 Å². The van der Waals surface area contributed by atoms with Crippen molar-refractivity contribution in [2.75, 3.05) is 40.9 Å². The zero-order chi connectivity index (χ0) is 25.4. The van der Waals surface area contributed by atoms with Gasteiger partial charge < -0.3 is 49.7 Å². The number of rotatable bonds is 10. The maximum absolute atomic E-state index is 12.0. The second kappa shape index (κ2) is 10.3. The van der Waals surface area contributed by atoms with Gasteiger partial charge in [0.25, 0.3) is 7.82 Å². The van der Waals surface area contributed by atoms with E-state index in [2.05, 4.69) is 18.4 Å². The molecule has 19 heteroatoms. The molecule has 8 atom stereocenters. The number of amidine groups is 1. The molecule has 1 saturated heterocycles. The molecule has 0 aliphatic carbocycles. The molecule has 2 heterocycles. The Hall–Kier alpha value is -1.04. The van der Waals surface area contributed by atoms with Crippen LogP contribution in [-0.2, 0) is 27.2 Å². The second-order valence-electron chi connectivity index (χ2n) is 8.27. The smallest absolute Gasteiger partial charge is 0.478 e. The number of quaternary nitrogens is 1. The highest BCUT2D eigenvalue weighted by molar-refractivity contribution is 7.60. The van der Waals surface area contributed by atoms with Crippen molar-refractivity contribution in [3.8, 4) is 0 Å². The molecule has 7 N–H and O–H groups in total. The van der Waals surface area contributed by atoms with Crippen LogP contribution in [-0.4, -0.2) is 124 Å². The Bertz CT molecular complexity index is 851. The quantitative estimate of drug-likeness (QED) is 0.119. The lowest BCUT2D eigenvalue weighted by Gasteiger charge is -2.37. The average Bonchev–Trinajstić information content (AvgIpc) is 2.91. The van der Waals surface area contributed by atoms with Crippen LogP contribution in [0.2, 0.25) is 0 Å². The number of aliphatic hydroxyl groups excluding tert-OH is 4. The summed E-state index contributed by atoms with van der Waals surface area (Å²) in [4.78, 5) is 37.1. The van der Waals surface area contributed by atoms with Gasteiger partial charge in [-0.3, -0.25) is 14.0 Å². The molecule has 0 aromatic rings. The summed E-state index contributed by atoms with van der Waals surface area (Å²) in [5.74, 6) is -0.583. The predicted octanol–water partition coefficient (Wildman–Crippen LogP) is -3.77. The van der Waals surface area contributed by atoms with Crippen LogP contribution in [0.4, 0.5) is 4.79 Å². The Morgan fingerprint density at radius 1 is 1.18 bits per heavy atom. The average molecular weight is 522 g/mol. The Kier molecular flexibility index (Phi) is 8.80. The minimum atomic E-state index is -5.27. The number of nitrogens with zero attached hydrogens (tertiary/aromatic N) is 3. The minimum absolute atomic E-state index is 0.235. The number of carbonyl (C=O) groups excluding carboxylic acids is 1. The summed E-state index contributed by atoms with van der Waals surface area (Å²) >= 11 is 0. The van der Waals surface area contributed by atoms with E-state index in [-0.39, 0.29) is 13.2 Å². The van der Waals surface area contributed by atoms with Crippen molar-refractivity contribution in [1.29, 1.82) is 0 Å². The number of hydrogen-bond acceptors (Lipinski definition) is 13. The predicted molar refractivity (Wildman–Crippen MR) is 105 cm³/mol. The maximum atomic E-state index is 12.0. The topological polar surface area (TPSA) is 254 Å². The fraction of sp³-hybridized carbons (Fsp3) is 0.857. The summed E-state index contributed by atoms with van der Waals surface area (Å²) in [7, 11) is -5.25. The van der Waals surface area contributed by atoms with E-state index in [0.29, 0.717) is 9.38 Å². The second-order valence-corrected chi connectivity index (χ2v) is 11.3. The lowest BCUT2D eigenvalue weighted by molar-refractivity contribution is -0.870. The molecule has 0 saturated carbocycles. The summed E-state index contributed by atoms with van der Waals surface area (Å²) in [6, 6.07) is -1.20. The highest BCUT2D eigenvalue weighted by Crippen LogP contribution is 2.58. The number of carbonyl (C=O) groups is 1. The van der Waals surface area contributed by atoms with Crippen LogP contribution in [0.5, 0.6) is 0 Å². The van der Waals surface area contributed by atoms with Crippen molar-refractivity contribution in [3.63, 3.8) is 0 Å². The highest BCUT2D eigenvalue weighted by Gasteiger charge is 2.52. The molecule has 0 radical (unpaired) electrons. The first-order chi connectivity index (χ1) is 14.9. The largest absolute Gasteiger partial charge is 0.756 e. The molecule has 33 heavy (non-hydrogen) atoms. The standard InChI is InChI=1S/C14H28N4O13P2/c1-18(2,3)4-5-28-32(24,25)31-33(26,27)29-6-7-8(19)9(20)13(30-7)17-12(22)10(21)11(15)16-14(17)23/h7-10,12-13,19-22H,4-6H2,1-3H3,(H3-,15,16,23,24,25,26,27)/t7-,8-,9-,10?,12?,13-/m1/s1. The Morgan fingerprint density at radius 2 is 1.79 bits per heavy atom. The van der Waals surface area contributed by atoms with Crippen molar-refractivity contribution in [2.45, 2.75) is 36.9 Å². The van der Waals surface area contributed by atoms with Gasteiger partial charge in [0.1, 0.15) is 37.3 Å². The molecular formula is C14H28N4O13P2. The van der Waals surface area contributed by atoms with Crippen LogP contribution in [0.25, 0.3) is 0 Å². The van der Waals surface area contributed by atoms with Gasteiger partial charge in [-0.2, -0.15) is 4.99 Å². The number of nitrogens with two attached hydrogens (primary N) is 1. The normalized spacial score (nSPS) is 34.6. The van der Waals surface area contributed by atoms with Crippen molar-refractivity contribution in [1.82, 2.24) is 4.90 Å². The molecule has 2 aliphatic rings. The lowest BCUT2D eigenvalue weighted by Crippen LogP contribution is -2.61. The number of ether oxygens (including phenoxy) is 1. The Labute approximate surface area is 188 Å². The molecule has 4 unspecified atom stereocenters. The molecule has 1 fully saturated rings. The van der Waals surface area contributed by atoms with Gasteiger partial charge in [0, 0.05) is 0 Å². The monoisotopic (exact) mass is 522 g/mol. The number of amides is 2. The van der Waals surface area contributed by atoms with Crippen molar-refractivity contribution < 1.29 is 66.7 Å². The molecule has 192 valence electrons. The van der Waals surface area contributed by atoms with E-state index < -0.39 is 71.0 Å². The number of likely N-dealkylation sites (N-methyl/N-ethyl adjacent to an activating group) is 1. The molecular weight excluding hydrogens is 494 g/mol. The van der Waals surface area contributed by atoms with E-state index in [1.54, 1.807) is 21.1 Å². The van der Waals surface area contributed by atoms with Crippen molar-refractivity contribution in [2.24, 2.45) is 10.7 Å². The molecule has 0 bridgehead atoms. The van der Waals surface area contributed by atoms with Crippen LogP contribution in [0, 0.1) is 0 Å². The van der Waals surface area contributed by atoms with Gasteiger partial charge >= 0.3 is 13.9 Å². The van der Waals surface area contributed by atoms with Gasteiger partial charge in [-0.1, -0.05) is 0 Å². The van der Waals surface area contributed by atoms with E-state index in [0.717, 1.165) is 0 Å². The molecule has 2 amide bonds. The fourth-order valence-corrected chi connectivity index (χ4v) is 4.80. The molecule has 2 rings (SSSR count). The molecule has 0 spiro atoms. The van der Waals surface area contributed by atoms with Crippen molar-refractivity contribution >= 4 is 27.5 Å². The third kappa shape index (κ3) is 7.47. The molecule has 17 nitrogen and oxygen atoms in total. The van der Waals surface area contributed by atoms with E-state index in [1.165, 1.54) is 0 Å². The zero-order valence-electron chi connectivity index (χ0n) is 17.9. The Morgan fingerprint density at radius 3 is 2.36 bits per heavy atom. The minimum Gasteiger partial charge on any atom is -0.756 e. The van der Waals surface area contributed by atoms with Gasteiger partial charge in [0.2, 0.25) is 0 Å². The van der Waals surface area contributed by atoms with Gasteiger partial charge in [-0.15, -0.1) is 0 Å². The first-order valence-corrected chi connectivity index (χ1v) is 12.4. The fourth-order valence-electron chi connectivity index (χ4n) is 2.78. The van der Waals surface area contributed by atoms with E-state index >= 15 is 0 Å². The first kappa shape index (κ1) is 28.2. The molecule has 2 aliphatic heterocycles. The first-order valence-electron chi connectivity index (χ1n) is 9.43. The summed E-state index contributed by atoms with van der Waals surface area (Å²) in [5.41, 5.74) is 5.29. The maximum Gasteiger partial charge on any atom is 0.478 e.